The number of azo groups is 1. The lowest BCUT2D eigenvalue weighted by atomic mass is 10.1. The van der Waals surface area contributed by atoms with Crippen LogP contribution in [-0.2, 0) is 30.4 Å². The molecule has 0 amide bonds. The highest BCUT2D eigenvalue weighted by Crippen LogP contribution is 2.37. The van der Waals surface area contributed by atoms with E-state index in [1.807, 2.05) is 0 Å². The number of halogens is 1. The molecule has 0 aliphatic rings. The largest absolute Gasteiger partial charge is 0.494 e. The summed E-state index contributed by atoms with van der Waals surface area (Å²) >= 11 is 6.09. The summed E-state index contributed by atoms with van der Waals surface area (Å²) in [6, 6.07) is 13.9. The van der Waals surface area contributed by atoms with E-state index in [2.05, 4.69) is 35.8 Å². The number of anilines is 4. The van der Waals surface area contributed by atoms with Crippen LogP contribution in [0.4, 0.5) is 34.6 Å². The van der Waals surface area contributed by atoms with Gasteiger partial charge in [0.2, 0.25) is 17.2 Å². The summed E-state index contributed by atoms with van der Waals surface area (Å²) in [6.45, 7) is 1.70. The third kappa shape index (κ3) is 7.82. The lowest BCUT2D eigenvalue weighted by Gasteiger charge is -2.13. The maximum absolute atomic E-state index is 12.1. The Morgan fingerprint density at radius 2 is 1.38 bits per heavy atom. The summed E-state index contributed by atoms with van der Waals surface area (Å²) in [6.07, 6.45) is 0. The second-order valence-electron chi connectivity index (χ2n) is 9.79. The van der Waals surface area contributed by atoms with Gasteiger partial charge in [0.25, 0.3) is 30.4 Å². The van der Waals surface area contributed by atoms with Crippen molar-refractivity contribution in [1.29, 1.82) is 0 Å². The number of ether oxygens (including phenoxy) is 1. The van der Waals surface area contributed by atoms with E-state index in [4.69, 9.17) is 20.9 Å². The molecular formula is C27H22ClN7O10S3. The van der Waals surface area contributed by atoms with E-state index in [0.29, 0.717) is 16.9 Å². The van der Waals surface area contributed by atoms with Gasteiger partial charge in [-0.2, -0.15) is 45.3 Å². The van der Waals surface area contributed by atoms with Crippen LogP contribution >= 0.6 is 11.6 Å². The van der Waals surface area contributed by atoms with E-state index in [1.165, 1.54) is 55.6 Å². The standard InChI is InChI=1S/C27H22ClN7O10S3/c1-14-10-21(35-34-16-11-19-18(24(12-16)48(42,43)44)4-3-5-23(19)47(39,40)41)22(45-2)13-20(14)30-27-32-25(28)31-26(33-27)29-15-6-8-17(9-7-15)46(36,37)38/h3-13H,1-2H3,(H,36,37,38)(H,39,40,41)(H,42,43,44)(H2,29,30,31,32,33). The first-order chi connectivity index (χ1) is 22.4. The number of fused-ring (bicyclic) bond motifs is 1. The second kappa shape index (κ2) is 13.0. The van der Waals surface area contributed by atoms with Crippen LogP contribution in [0.1, 0.15) is 5.56 Å². The molecular weight excluding hydrogens is 714 g/mol. The number of hydrogen-bond acceptors (Lipinski definition) is 14. The predicted octanol–water partition coefficient (Wildman–Crippen LogP) is 5.64. The highest BCUT2D eigenvalue weighted by atomic mass is 35.5. The molecule has 0 radical (unpaired) electrons. The summed E-state index contributed by atoms with van der Waals surface area (Å²) in [5.74, 6) is 0.192. The normalized spacial score (nSPS) is 12.4. The molecule has 250 valence electrons. The van der Waals surface area contributed by atoms with Crippen molar-refractivity contribution in [2.45, 2.75) is 21.6 Å². The smallest absolute Gasteiger partial charge is 0.295 e. The molecule has 0 saturated heterocycles. The maximum atomic E-state index is 12.1. The van der Waals surface area contributed by atoms with Gasteiger partial charge in [0, 0.05) is 28.2 Å². The molecule has 0 aliphatic heterocycles. The Kier molecular flexibility index (Phi) is 9.34. The minimum Gasteiger partial charge on any atom is -0.494 e. The molecule has 0 fully saturated rings. The van der Waals surface area contributed by atoms with Crippen LogP contribution in [0, 0.1) is 6.92 Å². The number of aromatic nitrogens is 3. The van der Waals surface area contributed by atoms with Gasteiger partial charge in [-0.15, -0.1) is 5.11 Å². The molecule has 0 saturated carbocycles. The van der Waals surface area contributed by atoms with Gasteiger partial charge in [-0.05, 0) is 72.6 Å². The summed E-state index contributed by atoms with van der Waals surface area (Å²) in [5.41, 5.74) is 1.39. The lowest BCUT2D eigenvalue weighted by molar-refractivity contribution is 0.416. The molecule has 5 rings (SSSR count). The fraction of sp³-hybridized carbons (Fsp3) is 0.0741. The quantitative estimate of drug-likeness (QED) is 0.0859. The Bertz CT molecular complexity index is 2450. The van der Waals surface area contributed by atoms with Gasteiger partial charge < -0.3 is 15.4 Å². The fourth-order valence-corrected chi connectivity index (χ4v) is 6.45. The van der Waals surface area contributed by atoms with Crippen LogP contribution in [0.15, 0.2) is 91.6 Å². The lowest BCUT2D eigenvalue weighted by Crippen LogP contribution is -2.05. The summed E-state index contributed by atoms with van der Waals surface area (Å²) in [7, 11) is -12.7. The van der Waals surface area contributed by atoms with Crippen molar-refractivity contribution in [3.63, 3.8) is 0 Å². The van der Waals surface area contributed by atoms with Gasteiger partial charge in [-0.3, -0.25) is 13.7 Å². The minimum absolute atomic E-state index is 0.00365. The van der Waals surface area contributed by atoms with E-state index in [9.17, 15) is 34.4 Å². The molecule has 1 aromatic heterocycles. The molecule has 0 aliphatic carbocycles. The number of benzene rings is 4. The Balaban J connectivity index is 1.46. The number of nitrogens with one attached hydrogen (secondary N) is 2. The van der Waals surface area contributed by atoms with Crippen molar-refractivity contribution in [1.82, 2.24) is 15.0 Å². The van der Waals surface area contributed by atoms with Gasteiger partial charge in [0.05, 0.1) is 17.7 Å². The number of aryl methyl sites for hydroxylation is 1. The number of nitrogens with zero attached hydrogens (tertiary/aromatic N) is 5. The molecule has 48 heavy (non-hydrogen) atoms. The predicted molar refractivity (Wildman–Crippen MR) is 173 cm³/mol. The van der Waals surface area contributed by atoms with Gasteiger partial charge in [0.1, 0.15) is 21.2 Å². The monoisotopic (exact) mass is 735 g/mol. The molecule has 0 atom stereocenters. The zero-order valence-electron chi connectivity index (χ0n) is 24.4. The minimum atomic E-state index is -4.86. The molecule has 17 nitrogen and oxygen atoms in total. The summed E-state index contributed by atoms with van der Waals surface area (Å²) in [4.78, 5) is 10.8. The first-order valence-electron chi connectivity index (χ1n) is 13.1. The topological polar surface area (TPSA) is 260 Å². The van der Waals surface area contributed by atoms with Crippen LogP contribution in [0.5, 0.6) is 5.75 Å². The Labute approximate surface area is 278 Å². The van der Waals surface area contributed by atoms with Crippen LogP contribution < -0.4 is 15.4 Å². The molecule has 21 heteroatoms. The summed E-state index contributed by atoms with van der Waals surface area (Å²) in [5, 5.41) is 13.4. The zero-order chi connectivity index (χ0) is 35.0. The van der Waals surface area contributed by atoms with Gasteiger partial charge in [-0.25, -0.2) is 0 Å². The van der Waals surface area contributed by atoms with Crippen molar-refractivity contribution >= 4 is 87.4 Å². The number of methoxy groups -OCH3 is 1. The molecule has 5 N–H and O–H groups in total. The summed E-state index contributed by atoms with van der Waals surface area (Å²) < 4.78 is 105. The average molecular weight is 736 g/mol. The van der Waals surface area contributed by atoms with E-state index in [0.717, 1.165) is 12.1 Å². The maximum Gasteiger partial charge on any atom is 0.295 e. The molecule has 4 aromatic carbocycles. The Morgan fingerprint density at radius 1 is 0.729 bits per heavy atom. The first-order valence-corrected chi connectivity index (χ1v) is 17.8. The Morgan fingerprint density at radius 3 is 1.98 bits per heavy atom. The van der Waals surface area contributed by atoms with E-state index >= 15 is 0 Å². The average Bonchev–Trinajstić information content (AvgIpc) is 2.99. The van der Waals surface area contributed by atoms with Crippen molar-refractivity contribution in [3.05, 3.63) is 77.6 Å². The van der Waals surface area contributed by atoms with Crippen molar-refractivity contribution < 1.29 is 43.6 Å². The third-order valence-electron chi connectivity index (χ3n) is 6.52. The molecule has 0 unspecified atom stereocenters. The van der Waals surface area contributed by atoms with Crippen molar-refractivity contribution in [2.24, 2.45) is 10.2 Å². The van der Waals surface area contributed by atoms with Gasteiger partial charge in [-0.1, -0.05) is 12.1 Å². The first kappa shape index (κ1) is 34.5. The van der Waals surface area contributed by atoms with E-state index < -0.39 is 40.1 Å². The van der Waals surface area contributed by atoms with Crippen LogP contribution in [0.3, 0.4) is 0 Å². The number of hydrogen-bond donors (Lipinski definition) is 5. The fourth-order valence-electron chi connectivity index (χ4n) is 4.39. The van der Waals surface area contributed by atoms with Crippen molar-refractivity contribution in [3.8, 4) is 5.75 Å². The SMILES string of the molecule is COc1cc(Nc2nc(Cl)nc(Nc3ccc(S(=O)(=O)O)cc3)n2)c(C)cc1N=Nc1cc(S(=O)(=O)O)c2cccc(S(=O)(=O)O)c2c1. The number of rotatable bonds is 10. The Hall–Kier alpha value is -4.83. The van der Waals surface area contributed by atoms with Gasteiger partial charge in [0.15, 0.2) is 0 Å². The molecule has 0 bridgehead atoms. The van der Waals surface area contributed by atoms with Gasteiger partial charge >= 0.3 is 0 Å². The zero-order valence-corrected chi connectivity index (χ0v) is 27.6. The third-order valence-corrected chi connectivity index (χ3v) is 9.36. The van der Waals surface area contributed by atoms with Crippen LogP contribution in [0.2, 0.25) is 5.28 Å². The molecule has 0 spiro atoms. The second-order valence-corrected chi connectivity index (χ2v) is 14.3. The van der Waals surface area contributed by atoms with E-state index in [1.54, 1.807) is 13.0 Å². The van der Waals surface area contributed by atoms with Crippen molar-refractivity contribution in [2.75, 3.05) is 17.7 Å². The van der Waals surface area contributed by atoms with E-state index in [-0.39, 0.29) is 50.0 Å². The molecule has 5 aromatic rings. The highest BCUT2D eigenvalue weighted by molar-refractivity contribution is 7.86. The highest BCUT2D eigenvalue weighted by Gasteiger charge is 2.21. The molecule has 1 heterocycles. The van der Waals surface area contributed by atoms with Crippen LogP contribution in [-0.4, -0.2) is 61.0 Å². The van der Waals surface area contributed by atoms with Crippen LogP contribution in [0.25, 0.3) is 10.8 Å².